The van der Waals surface area contributed by atoms with Gasteiger partial charge >= 0.3 is 12.1 Å². The van der Waals surface area contributed by atoms with Gasteiger partial charge in [0.05, 0.1) is 5.92 Å². The predicted octanol–water partition coefficient (Wildman–Crippen LogP) is 5.61. The van der Waals surface area contributed by atoms with Crippen molar-refractivity contribution in [2.45, 2.75) is 97.3 Å². The van der Waals surface area contributed by atoms with Gasteiger partial charge in [-0.05, 0) is 75.3 Å². The Morgan fingerprint density at radius 3 is 2.48 bits per heavy atom. The summed E-state index contributed by atoms with van der Waals surface area (Å²) in [7, 11) is 0. The van der Waals surface area contributed by atoms with E-state index in [-0.39, 0.29) is 24.0 Å². The second-order valence-electron chi connectivity index (χ2n) is 10.8. The summed E-state index contributed by atoms with van der Waals surface area (Å²) < 4.78 is 11.6. The number of rotatable bonds is 4. The fraction of sp³-hybridized carbons (Fsp3) is 0.692. The van der Waals surface area contributed by atoms with Crippen LogP contribution < -0.4 is 5.32 Å². The van der Waals surface area contributed by atoms with E-state index in [0.717, 1.165) is 24.0 Å². The number of carbonyl (C=O) groups excluding carboxylic acids is 2. The zero-order valence-corrected chi connectivity index (χ0v) is 19.9. The molecule has 1 fully saturated rings. The molecular weight excluding hydrogens is 390 g/mol. The van der Waals surface area contributed by atoms with Crippen molar-refractivity contribution in [1.82, 2.24) is 5.32 Å². The van der Waals surface area contributed by atoms with Crippen LogP contribution in [0.5, 0.6) is 0 Å². The smallest absolute Gasteiger partial charge is 0.407 e. The number of amides is 1. The summed E-state index contributed by atoms with van der Waals surface area (Å²) in [5.74, 6) is 0.955. The zero-order valence-electron chi connectivity index (χ0n) is 19.9. The van der Waals surface area contributed by atoms with Crippen LogP contribution in [0.15, 0.2) is 24.3 Å². The van der Waals surface area contributed by atoms with Gasteiger partial charge in [-0.3, -0.25) is 4.79 Å². The lowest BCUT2D eigenvalue weighted by Gasteiger charge is -2.38. The first-order valence-corrected chi connectivity index (χ1v) is 11.8. The van der Waals surface area contributed by atoms with Crippen molar-refractivity contribution in [1.29, 1.82) is 0 Å². The molecule has 1 N–H and O–H groups in total. The average Bonchev–Trinajstić information content (AvgIpc) is 2.65. The molecule has 2 aliphatic rings. The van der Waals surface area contributed by atoms with Crippen LogP contribution in [0.2, 0.25) is 0 Å². The van der Waals surface area contributed by atoms with Crippen molar-refractivity contribution in [3.05, 3.63) is 35.4 Å². The molecule has 0 heterocycles. The Kier molecular flexibility index (Phi) is 7.33. The molecule has 0 bridgehead atoms. The van der Waals surface area contributed by atoms with E-state index in [2.05, 4.69) is 26.1 Å². The topological polar surface area (TPSA) is 64.6 Å². The quantitative estimate of drug-likeness (QED) is 0.632. The highest BCUT2D eigenvalue weighted by Gasteiger charge is 2.38. The molecule has 0 saturated heterocycles. The van der Waals surface area contributed by atoms with E-state index in [1.807, 2.05) is 45.0 Å². The summed E-state index contributed by atoms with van der Waals surface area (Å²) in [6.45, 7) is 12.2. The molecule has 1 saturated carbocycles. The van der Waals surface area contributed by atoms with Gasteiger partial charge in [-0.15, -0.1) is 0 Å². The fourth-order valence-electron chi connectivity index (χ4n) is 5.11. The molecule has 0 aliphatic heterocycles. The molecular formula is C26H39NO4. The van der Waals surface area contributed by atoms with E-state index in [0.29, 0.717) is 30.6 Å². The van der Waals surface area contributed by atoms with E-state index in [1.54, 1.807) is 0 Å². The second-order valence-corrected chi connectivity index (χ2v) is 10.8. The maximum atomic E-state index is 13.4. The molecule has 0 spiro atoms. The molecule has 3 rings (SSSR count). The van der Waals surface area contributed by atoms with E-state index in [1.165, 1.54) is 6.42 Å². The third-order valence-corrected chi connectivity index (χ3v) is 6.65. The number of hydrogen-bond acceptors (Lipinski definition) is 4. The van der Waals surface area contributed by atoms with Gasteiger partial charge in [-0.1, -0.05) is 51.5 Å². The Morgan fingerprint density at radius 2 is 1.81 bits per heavy atom. The monoisotopic (exact) mass is 429 g/mol. The molecule has 0 aromatic heterocycles. The maximum absolute atomic E-state index is 13.4. The van der Waals surface area contributed by atoms with E-state index in [4.69, 9.17) is 9.47 Å². The highest BCUT2D eigenvalue weighted by molar-refractivity contribution is 5.80. The number of fused-ring (bicyclic) bond motifs is 1. The Morgan fingerprint density at radius 1 is 1.10 bits per heavy atom. The van der Waals surface area contributed by atoms with Crippen LogP contribution in [-0.4, -0.2) is 29.8 Å². The second kappa shape index (κ2) is 9.62. The average molecular weight is 430 g/mol. The minimum absolute atomic E-state index is 0.0254. The number of ether oxygens (including phenoxy) is 2. The van der Waals surface area contributed by atoms with Crippen molar-refractivity contribution in [3.63, 3.8) is 0 Å². The molecule has 31 heavy (non-hydrogen) atoms. The standard InChI is InChI=1S/C26H39NO4/c1-16(2)20-12-11-17(3)13-23(20)30-24(28)22-15-19(27-25(29)31-26(4,5)6)14-18-9-7-8-10-21(18)22/h7-10,16-17,19-20,22-23H,11-15H2,1-6H3,(H,27,29)/t17?,19-,20-,22+,23+/m0/s1. The van der Waals surface area contributed by atoms with Crippen LogP contribution in [0, 0.1) is 17.8 Å². The number of nitrogens with one attached hydrogen (secondary N) is 1. The largest absolute Gasteiger partial charge is 0.462 e. The van der Waals surface area contributed by atoms with Crippen molar-refractivity contribution < 1.29 is 19.1 Å². The highest BCUT2D eigenvalue weighted by atomic mass is 16.6. The summed E-state index contributed by atoms with van der Waals surface area (Å²) in [5, 5.41) is 2.97. The van der Waals surface area contributed by atoms with Crippen molar-refractivity contribution in [3.8, 4) is 0 Å². The summed E-state index contributed by atoms with van der Waals surface area (Å²) in [5.41, 5.74) is 1.56. The Bertz CT molecular complexity index is 782. The van der Waals surface area contributed by atoms with Crippen LogP contribution >= 0.6 is 0 Å². The van der Waals surface area contributed by atoms with Crippen LogP contribution in [0.3, 0.4) is 0 Å². The Balaban J connectivity index is 1.75. The first kappa shape index (κ1) is 23.6. The highest BCUT2D eigenvalue weighted by Crippen LogP contribution is 2.38. The number of hydrogen-bond donors (Lipinski definition) is 1. The minimum atomic E-state index is -0.557. The minimum Gasteiger partial charge on any atom is -0.462 e. The van der Waals surface area contributed by atoms with Gasteiger partial charge in [0.2, 0.25) is 0 Å². The lowest BCUT2D eigenvalue weighted by molar-refractivity contribution is -0.158. The summed E-state index contributed by atoms with van der Waals surface area (Å²) in [4.78, 5) is 25.7. The van der Waals surface area contributed by atoms with Crippen LogP contribution in [0.25, 0.3) is 0 Å². The molecule has 0 radical (unpaired) electrons. The van der Waals surface area contributed by atoms with Gasteiger partial charge in [-0.25, -0.2) is 4.79 Å². The molecule has 5 heteroatoms. The lowest BCUT2D eigenvalue weighted by atomic mass is 9.75. The number of carbonyl (C=O) groups is 2. The number of alkyl carbamates (subject to hydrolysis) is 1. The molecule has 5 nitrogen and oxygen atoms in total. The Labute approximate surface area is 187 Å². The third kappa shape index (κ3) is 6.24. The first-order valence-electron chi connectivity index (χ1n) is 11.8. The molecule has 172 valence electrons. The van der Waals surface area contributed by atoms with Crippen LogP contribution in [0.1, 0.15) is 84.3 Å². The molecule has 1 amide bonds. The molecule has 5 atom stereocenters. The van der Waals surface area contributed by atoms with Crippen LogP contribution in [-0.2, 0) is 20.7 Å². The molecule has 1 aromatic carbocycles. The SMILES string of the molecule is CC1CC[C@@H](C(C)C)[C@H](OC(=O)[C@@H]2C[C@@H](NC(=O)OC(C)(C)C)Cc3ccccc32)C1. The van der Waals surface area contributed by atoms with Crippen molar-refractivity contribution in [2.24, 2.45) is 17.8 Å². The summed E-state index contributed by atoms with van der Waals surface area (Å²) in [6, 6.07) is 7.86. The van der Waals surface area contributed by atoms with Gasteiger partial charge in [0.25, 0.3) is 0 Å². The maximum Gasteiger partial charge on any atom is 0.407 e. The molecule has 2 aliphatic carbocycles. The van der Waals surface area contributed by atoms with Gasteiger partial charge in [-0.2, -0.15) is 0 Å². The normalized spacial score (nSPS) is 28.5. The summed E-state index contributed by atoms with van der Waals surface area (Å²) in [6.07, 6.45) is 4.00. The number of esters is 1. The van der Waals surface area contributed by atoms with Gasteiger partial charge in [0.15, 0.2) is 0 Å². The van der Waals surface area contributed by atoms with Gasteiger partial charge in [0.1, 0.15) is 11.7 Å². The fourth-order valence-corrected chi connectivity index (χ4v) is 5.11. The van der Waals surface area contributed by atoms with Crippen LogP contribution in [0.4, 0.5) is 4.79 Å². The van der Waals surface area contributed by atoms with E-state index >= 15 is 0 Å². The first-order chi connectivity index (χ1) is 14.5. The lowest BCUT2D eigenvalue weighted by Crippen LogP contribution is -2.44. The predicted molar refractivity (Wildman–Crippen MR) is 122 cm³/mol. The third-order valence-electron chi connectivity index (χ3n) is 6.65. The van der Waals surface area contributed by atoms with E-state index < -0.39 is 11.7 Å². The van der Waals surface area contributed by atoms with Crippen molar-refractivity contribution in [2.75, 3.05) is 0 Å². The zero-order chi connectivity index (χ0) is 22.8. The molecule has 1 aromatic rings. The Hall–Kier alpha value is -2.04. The summed E-state index contributed by atoms with van der Waals surface area (Å²) >= 11 is 0. The van der Waals surface area contributed by atoms with Crippen molar-refractivity contribution >= 4 is 12.1 Å². The van der Waals surface area contributed by atoms with Gasteiger partial charge < -0.3 is 14.8 Å². The van der Waals surface area contributed by atoms with E-state index in [9.17, 15) is 9.59 Å². The molecule has 1 unspecified atom stereocenters. The van der Waals surface area contributed by atoms with Gasteiger partial charge in [0, 0.05) is 6.04 Å². The number of benzene rings is 1.